The van der Waals surface area contributed by atoms with Crippen molar-refractivity contribution in [3.05, 3.63) is 65.9 Å². The van der Waals surface area contributed by atoms with Crippen LogP contribution in [0.15, 0.2) is 54.7 Å². The third kappa shape index (κ3) is 3.27. The molecule has 0 fully saturated rings. The van der Waals surface area contributed by atoms with Gasteiger partial charge in [0, 0.05) is 18.0 Å². The number of esters is 1. The smallest absolute Gasteiger partial charge is 0.338 e. The molecule has 2 aromatic carbocycles. The van der Waals surface area contributed by atoms with Crippen LogP contribution in [0.2, 0.25) is 0 Å². The van der Waals surface area contributed by atoms with Gasteiger partial charge in [-0.25, -0.2) is 4.79 Å². The van der Waals surface area contributed by atoms with Crippen molar-refractivity contribution < 1.29 is 9.53 Å². The van der Waals surface area contributed by atoms with Gasteiger partial charge in [0.2, 0.25) is 0 Å². The van der Waals surface area contributed by atoms with E-state index in [1.165, 1.54) is 0 Å². The maximum absolute atomic E-state index is 11.8. The predicted molar refractivity (Wildman–Crippen MR) is 78.7 cm³/mol. The molecule has 5 heteroatoms. The lowest BCUT2D eigenvalue weighted by Crippen LogP contribution is -2.08. The van der Waals surface area contributed by atoms with Gasteiger partial charge in [-0.05, 0) is 17.7 Å². The first-order valence-electron chi connectivity index (χ1n) is 6.48. The number of H-pyrrole nitrogens is 1. The van der Waals surface area contributed by atoms with Crippen molar-refractivity contribution in [2.24, 2.45) is 0 Å². The van der Waals surface area contributed by atoms with Crippen LogP contribution in [-0.2, 0) is 11.2 Å². The summed E-state index contributed by atoms with van der Waals surface area (Å²) in [5.74, 6) is -0.289. The molecule has 0 saturated carbocycles. The Morgan fingerprint density at radius 2 is 1.90 bits per heavy atom. The summed E-state index contributed by atoms with van der Waals surface area (Å²) in [7, 11) is 0. The van der Waals surface area contributed by atoms with Crippen LogP contribution in [0, 0.1) is 0 Å². The van der Waals surface area contributed by atoms with E-state index >= 15 is 0 Å². The topological polar surface area (TPSA) is 85.5 Å². The van der Waals surface area contributed by atoms with Crippen LogP contribution in [0.4, 0.5) is 0 Å². The van der Waals surface area contributed by atoms with Crippen LogP contribution < -0.4 is 6.15 Å². The molecule has 0 aliphatic carbocycles. The monoisotopic (exact) mass is 280 g/mol. The first-order chi connectivity index (χ1) is 9.84. The van der Waals surface area contributed by atoms with Crippen LogP contribution in [0.25, 0.3) is 10.9 Å². The molecular weight excluding hydrogens is 266 g/mol. The van der Waals surface area contributed by atoms with E-state index < -0.39 is 0 Å². The third-order valence-corrected chi connectivity index (χ3v) is 3.18. The molecule has 5 nitrogen and oxygen atoms in total. The summed E-state index contributed by atoms with van der Waals surface area (Å²) >= 11 is 0. The summed E-state index contributed by atoms with van der Waals surface area (Å²) in [5, 5.41) is 8.05. The van der Waals surface area contributed by atoms with Crippen molar-refractivity contribution in [2.75, 3.05) is 6.61 Å². The number of ether oxygens (including phenoxy) is 1. The highest BCUT2D eigenvalue weighted by Crippen LogP contribution is 2.16. The van der Waals surface area contributed by atoms with Crippen LogP contribution in [0.1, 0.15) is 15.9 Å². The minimum atomic E-state index is -0.289. The minimum absolute atomic E-state index is 0. The molecule has 0 amide bonds. The third-order valence-electron chi connectivity index (χ3n) is 3.18. The number of para-hydroxylation sites is 1. The number of carbonyl (C=O) groups is 1. The van der Waals surface area contributed by atoms with E-state index in [0.717, 1.165) is 16.5 Å². The van der Waals surface area contributed by atoms with Crippen LogP contribution >= 0.6 is 0 Å². The van der Waals surface area contributed by atoms with Gasteiger partial charge in [-0.2, -0.15) is 5.10 Å². The summed E-state index contributed by atoms with van der Waals surface area (Å²) in [6, 6.07) is 15.0. The second kappa shape index (κ2) is 6.67. The molecule has 1 aromatic heterocycles. The van der Waals surface area contributed by atoms with Gasteiger partial charge in [0.25, 0.3) is 0 Å². The number of aromatic nitrogens is 2. The van der Waals surface area contributed by atoms with Gasteiger partial charge in [-0.1, -0.05) is 36.4 Å². The zero-order valence-electron chi connectivity index (χ0n) is 11.3. The van der Waals surface area contributed by atoms with E-state index in [0.29, 0.717) is 18.6 Å². The molecule has 105 valence electrons. The van der Waals surface area contributed by atoms with E-state index in [-0.39, 0.29) is 12.1 Å². The molecule has 3 aromatic rings. The van der Waals surface area contributed by atoms with Crippen LogP contribution in [-0.4, -0.2) is 22.8 Å². The molecule has 21 heavy (non-hydrogen) atoms. The summed E-state index contributed by atoms with van der Waals surface area (Å²) in [4.78, 5) is 11.8. The van der Waals surface area contributed by atoms with E-state index in [1.807, 2.05) is 36.4 Å². The molecule has 0 aliphatic heterocycles. The summed E-state index contributed by atoms with van der Waals surface area (Å²) < 4.78 is 5.28. The highest BCUT2D eigenvalue weighted by Gasteiger charge is 2.07. The number of aromatic amines is 1. The van der Waals surface area contributed by atoms with Crippen molar-refractivity contribution in [3.8, 4) is 0 Å². The standard InChI is InChI=1S/C16H14N2O2.N/c19-16(13-5-2-1-3-6-13)20-10-9-12-7-4-8-14-11-17-18-15(12)14;/h1-8,11H,9-10H2,(H,17,18);. The van der Waals surface area contributed by atoms with E-state index in [1.54, 1.807) is 18.3 Å². The number of nitrogens with zero attached hydrogens (tertiary/aromatic N) is 2. The van der Waals surface area contributed by atoms with Crippen molar-refractivity contribution in [1.82, 2.24) is 16.3 Å². The summed E-state index contributed by atoms with van der Waals surface area (Å²) in [6.45, 7) is 0.353. The van der Waals surface area contributed by atoms with Gasteiger partial charge in [0.15, 0.2) is 0 Å². The summed E-state index contributed by atoms with van der Waals surface area (Å²) in [6.07, 6.45) is 2.45. The number of benzene rings is 2. The Morgan fingerprint density at radius 1 is 1.10 bits per heavy atom. The molecule has 3 radical (unpaired) electrons. The van der Waals surface area contributed by atoms with E-state index in [2.05, 4.69) is 10.2 Å². The maximum Gasteiger partial charge on any atom is 0.338 e. The Balaban J connectivity index is 0.00000161. The van der Waals surface area contributed by atoms with Gasteiger partial charge < -0.3 is 4.74 Å². The number of hydrogen-bond donors (Lipinski definition) is 1. The van der Waals surface area contributed by atoms with Gasteiger partial charge in [-0.15, -0.1) is 0 Å². The fourth-order valence-electron chi connectivity index (χ4n) is 2.15. The Bertz CT molecular complexity index is 722. The zero-order valence-corrected chi connectivity index (χ0v) is 11.3. The largest absolute Gasteiger partial charge is 0.462 e. The molecule has 3 rings (SSSR count). The molecule has 0 spiro atoms. The highest BCUT2D eigenvalue weighted by molar-refractivity contribution is 5.89. The molecule has 0 bridgehead atoms. The average molecular weight is 280 g/mol. The van der Waals surface area contributed by atoms with E-state index in [4.69, 9.17) is 4.74 Å². The lowest BCUT2D eigenvalue weighted by atomic mass is 10.1. The molecular formula is C16H14N3O2. The second-order valence-corrected chi connectivity index (χ2v) is 4.50. The van der Waals surface area contributed by atoms with Gasteiger partial charge in [-0.3, -0.25) is 5.10 Å². The van der Waals surface area contributed by atoms with Crippen LogP contribution in [0.5, 0.6) is 0 Å². The Kier molecular flexibility index (Phi) is 4.68. The highest BCUT2D eigenvalue weighted by atomic mass is 16.5. The quantitative estimate of drug-likeness (QED) is 0.745. The molecule has 0 aliphatic rings. The Morgan fingerprint density at radius 3 is 2.71 bits per heavy atom. The second-order valence-electron chi connectivity index (χ2n) is 4.50. The van der Waals surface area contributed by atoms with Crippen molar-refractivity contribution in [3.63, 3.8) is 0 Å². The average Bonchev–Trinajstić information content (AvgIpc) is 2.97. The van der Waals surface area contributed by atoms with Crippen molar-refractivity contribution >= 4 is 16.9 Å². The molecule has 0 saturated heterocycles. The molecule has 1 N–H and O–H groups in total. The molecule has 1 heterocycles. The SMILES string of the molecule is O=C(OCCc1cccc2cn[nH]c12)c1ccccc1.[N]. The first-order valence-corrected chi connectivity index (χ1v) is 6.48. The maximum atomic E-state index is 11.8. The van der Waals surface area contributed by atoms with Crippen LogP contribution in [0.3, 0.4) is 0 Å². The number of fused-ring (bicyclic) bond motifs is 1. The van der Waals surface area contributed by atoms with Crippen molar-refractivity contribution in [2.45, 2.75) is 6.42 Å². The number of carbonyl (C=O) groups excluding carboxylic acids is 1. The lowest BCUT2D eigenvalue weighted by Gasteiger charge is -2.05. The van der Waals surface area contributed by atoms with Gasteiger partial charge >= 0.3 is 5.97 Å². The number of hydrogen-bond acceptors (Lipinski definition) is 3. The van der Waals surface area contributed by atoms with Crippen molar-refractivity contribution in [1.29, 1.82) is 0 Å². The Labute approximate surface area is 122 Å². The minimum Gasteiger partial charge on any atom is -0.462 e. The molecule has 0 atom stereocenters. The fraction of sp³-hybridized carbons (Fsp3) is 0.125. The number of nitrogens with one attached hydrogen (secondary N) is 1. The van der Waals surface area contributed by atoms with Gasteiger partial charge in [0.1, 0.15) is 0 Å². The lowest BCUT2D eigenvalue weighted by molar-refractivity contribution is 0.0509. The normalized spacial score (nSPS) is 10.1. The van der Waals surface area contributed by atoms with E-state index in [9.17, 15) is 4.79 Å². The zero-order chi connectivity index (χ0) is 13.8. The predicted octanol–water partition coefficient (Wildman–Crippen LogP) is 2.48. The first kappa shape index (κ1) is 14.7. The number of rotatable bonds is 4. The fourth-order valence-corrected chi connectivity index (χ4v) is 2.15. The Hall–Kier alpha value is -2.66. The van der Waals surface area contributed by atoms with Gasteiger partial charge in [0.05, 0.1) is 23.9 Å². The molecule has 0 unspecified atom stereocenters. The summed E-state index contributed by atoms with van der Waals surface area (Å²) in [5.41, 5.74) is 2.68.